The van der Waals surface area contributed by atoms with Crippen molar-refractivity contribution >= 4 is 11.8 Å². The van der Waals surface area contributed by atoms with E-state index in [1.807, 2.05) is 6.08 Å². The van der Waals surface area contributed by atoms with Crippen molar-refractivity contribution in [1.29, 1.82) is 0 Å². The fraction of sp³-hybridized carbons (Fsp3) is 0.684. The van der Waals surface area contributed by atoms with Crippen LogP contribution in [0.2, 0.25) is 0 Å². The molecule has 4 aliphatic rings. The van der Waals surface area contributed by atoms with E-state index >= 15 is 0 Å². The van der Waals surface area contributed by atoms with Crippen molar-refractivity contribution in [2.45, 2.75) is 46.0 Å². The van der Waals surface area contributed by atoms with Gasteiger partial charge in [0.1, 0.15) is 0 Å². The van der Waals surface area contributed by atoms with Crippen molar-refractivity contribution in [2.75, 3.05) is 6.61 Å². The van der Waals surface area contributed by atoms with Crippen molar-refractivity contribution in [2.24, 2.45) is 28.6 Å². The monoisotopic (exact) mass is 300 g/mol. The first kappa shape index (κ1) is 14.2. The average Bonchev–Trinajstić information content (AvgIpc) is 2.48. The lowest BCUT2D eigenvalue weighted by Gasteiger charge is -2.57. The molecule has 0 spiro atoms. The molecule has 22 heavy (non-hydrogen) atoms. The smallest absolute Gasteiger partial charge is 0.306 e. The fourth-order valence-corrected chi connectivity index (χ4v) is 5.46. The summed E-state index contributed by atoms with van der Waals surface area (Å²) in [4.78, 5) is 23.6. The Balaban J connectivity index is 1.74. The second-order valence-electron chi connectivity index (χ2n) is 8.19. The minimum Gasteiger partial charge on any atom is -0.465 e. The van der Waals surface area contributed by atoms with Crippen LogP contribution in [0.4, 0.5) is 0 Å². The summed E-state index contributed by atoms with van der Waals surface area (Å²) in [6, 6.07) is 0. The molecule has 1 saturated carbocycles. The molecule has 0 aromatic carbocycles. The third kappa shape index (κ3) is 1.87. The van der Waals surface area contributed by atoms with Gasteiger partial charge >= 0.3 is 5.97 Å². The summed E-state index contributed by atoms with van der Waals surface area (Å²) in [5, 5.41) is 0. The molecule has 1 heterocycles. The van der Waals surface area contributed by atoms with E-state index in [9.17, 15) is 9.59 Å². The van der Waals surface area contributed by atoms with Gasteiger partial charge in [-0.05, 0) is 54.1 Å². The quantitative estimate of drug-likeness (QED) is 0.644. The van der Waals surface area contributed by atoms with Gasteiger partial charge in [-0.2, -0.15) is 0 Å². The van der Waals surface area contributed by atoms with Crippen LogP contribution in [0.25, 0.3) is 0 Å². The first-order chi connectivity index (χ1) is 10.4. The predicted molar refractivity (Wildman–Crippen MR) is 83.0 cm³/mol. The van der Waals surface area contributed by atoms with E-state index in [0.717, 1.165) is 12.8 Å². The Bertz CT molecular complexity index is 602. The Labute approximate surface area is 131 Å². The highest BCUT2D eigenvalue weighted by Gasteiger charge is 2.55. The Morgan fingerprint density at radius 2 is 2.00 bits per heavy atom. The van der Waals surface area contributed by atoms with Crippen LogP contribution in [0.3, 0.4) is 0 Å². The van der Waals surface area contributed by atoms with Gasteiger partial charge in [-0.25, -0.2) is 0 Å². The SMILES string of the molecule is C[C@]12CC[C@H]3[C@@H](C=CC4=CC(=O)CC[C@@]43C)[C@@H]1CC(=O)OC2. The van der Waals surface area contributed by atoms with Crippen LogP contribution in [0.1, 0.15) is 46.0 Å². The Morgan fingerprint density at radius 1 is 1.18 bits per heavy atom. The van der Waals surface area contributed by atoms with Crippen LogP contribution < -0.4 is 0 Å². The summed E-state index contributed by atoms with van der Waals surface area (Å²) < 4.78 is 5.36. The molecule has 0 radical (unpaired) electrons. The number of fused-ring (bicyclic) bond motifs is 5. The molecule has 0 amide bonds. The van der Waals surface area contributed by atoms with E-state index in [-0.39, 0.29) is 22.6 Å². The van der Waals surface area contributed by atoms with Gasteiger partial charge in [0, 0.05) is 18.3 Å². The zero-order valence-corrected chi connectivity index (χ0v) is 13.4. The molecule has 118 valence electrons. The number of rotatable bonds is 0. The first-order valence-electron chi connectivity index (χ1n) is 8.51. The third-order valence-corrected chi connectivity index (χ3v) is 6.98. The van der Waals surface area contributed by atoms with Crippen LogP contribution in [0.5, 0.6) is 0 Å². The second-order valence-corrected chi connectivity index (χ2v) is 8.19. The Hall–Kier alpha value is -1.38. The number of carbonyl (C=O) groups excluding carboxylic acids is 2. The molecule has 3 aliphatic carbocycles. The lowest BCUT2D eigenvalue weighted by Crippen LogP contribution is -2.53. The highest BCUT2D eigenvalue weighted by atomic mass is 16.5. The van der Waals surface area contributed by atoms with Crippen molar-refractivity contribution in [3.05, 3.63) is 23.8 Å². The number of carbonyl (C=O) groups is 2. The summed E-state index contributed by atoms with van der Waals surface area (Å²) in [6.07, 6.45) is 10.8. The molecule has 0 unspecified atom stereocenters. The van der Waals surface area contributed by atoms with Crippen LogP contribution >= 0.6 is 0 Å². The topological polar surface area (TPSA) is 43.4 Å². The number of ketones is 1. The Morgan fingerprint density at radius 3 is 2.82 bits per heavy atom. The molecule has 0 bridgehead atoms. The maximum atomic E-state index is 11.8. The van der Waals surface area contributed by atoms with Gasteiger partial charge in [-0.15, -0.1) is 0 Å². The van der Waals surface area contributed by atoms with Crippen LogP contribution in [-0.2, 0) is 14.3 Å². The van der Waals surface area contributed by atoms with Gasteiger partial charge < -0.3 is 4.74 Å². The number of cyclic esters (lactones) is 1. The Kier molecular flexibility index (Phi) is 2.95. The van der Waals surface area contributed by atoms with Gasteiger partial charge in [0.2, 0.25) is 0 Å². The summed E-state index contributed by atoms with van der Waals surface area (Å²) >= 11 is 0. The lowest BCUT2D eigenvalue weighted by molar-refractivity contribution is -0.168. The van der Waals surface area contributed by atoms with Gasteiger partial charge in [0.25, 0.3) is 0 Å². The zero-order valence-electron chi connectivity index (χ0n) is 13.4. The zero-order chi connectivity index (χ0) is 15.5. The molecule has 5 atom stereocenters. The fourth-order valence-electron chi connectivity index (χ4n) is 5.46. The number of esters is 1. The van der Waals surface area contributed by atoms with Crippen LogP contribution in [0.15, 0.2) is 23.8 Å². The molecule has 0 aromatic heterocycles. The van der Waals surface area contributed by atoms with Crippen LogP contribution in [-0.4, -0.2) is 18.4 Å². The molecule has 0 aromatic rings. The second kappa shape index (κ2) is 4.56. The summed E-state index contributed by atoms with van der Waals surface area (Å²) in [5.41, 5.74) is 1.45. The van der Waals surface area contributed by atoms with Crippen molar-refractivity contribution in [3.8, 4) is 0 Å². The molecular formula is C19H24O3. The first-order valence-corrected chi connectivity index (χ1v) is 8.51. The van der Waals surface area contributed by atoms with Crippen LogP contribution in [0, 0.1) is 28.6 Å². The predicted octanol–water partition coefficient (Wildman–Crippen LogP) is 3.45. The minimum absolute atomic E-state index is 0.0400. The summed E-state index contributed by atoms with van der Waals surface area (Å²) in [5.74, 6) is 1.61. The number of hydrogen-bond acceptors (Lipinski definition) is 3. The lowest BCUT2D eigenvalue weighted by atomic mass is 9.48. The van der Waals surface area contributed by atoms with E-state index in [4.69, 9.17) is 4.74 Å². The molecule has 3 heteroatoms. The van der Waals surface area contributed by atoms with E-state index in [1.54, 1.807) is 0 Å². The van der Waals surface area contributed by atoms with Gasteiger partial charge in [-0.1, -0.05) is 26.0 Å². The molecular weight excluding hydrogens is 276 g/mol. The largest absolute Gasteiger partial charge is 0.465 e. The normalized spacial score (nSPS) is 47.0. The van der Waals surface area contributed by atoms with Gasteiger partial charge in [0.05, 0.1) is 6.61 Å². The summed E-state index contributed by atoms with van der Waals surface area (Å²) in [6.45, 7) is 5.19. The van der Waals surface area contributed by atoms with Gasteiger partial charge in [-0.3, -0.25) is 9.59 Å². The summed E-state index contributed by atoms with van der Waals surface area (Å²) in [7, 11) is 0. The number of hydrogen-bond donors (Lipinski definition) is 0. The van der Waals surface area contributed by atoms with E-state index in [2.05, 4.69) is 26.0 Å². The standard InChI is InChI=1S/C19H24O3/c1-18-7-6-15-14(16(18)10-17(21)22-11-18)4-3-12-9-13(20)5-8-19(12,15)2/h3-4,9,14-16H,5-8,10-11H2,1-2H3/t14-,15+,16+,18-,19+/m1/s1. The van der Waals surface area contributed by atoms with E-state index in [1.165, 1.54) is 12.0 Å². The number of ether oxygens (including phenoxy) is 1. The maximum absolute atomic E-state index is 11.8. The van der Waals surface area contributed by atoms with Crippen molar-refractivity contribution in [1.82, 2.24) is 0 Å². The average molecular weight is 300 g/mol. The highest BCUT2D eigenvalue weighted by molar-refractivity contribution is 5.92. The van der Waals surface area contributed by atoms with Gasteiger partial charge in [0.15, 0.2) is 5.78 Å². The molecule has 1 saturated heterocycles. The van der Waals surface area contributed by atoms with Crippen molar-refractivity contribution < 1.29 is 14.3 Å². The van der Waals surface area contributed by atoms with E-state index < -0.39 is 0 Å². The maximum Gasteiger partial charge on any atom is 0.306 e. The molecule has 4 rings (SSSR count). The molecule has 0 N–H and O–H groups in total. The van der Waals surface area contributed by atoms with Crippen molar-refractivity contribution in [3.63, 3.8) is 0 Å². The molecule has 2 fully saturated rings. The highest BCUT2D eigenvalue weighted by Crippen LogP contribution is 2.60. The minimum atomic E-state index is -0.0400. The molecule has 3 nitrogen and oxygen atoms in total. The molecule has 1 aliphatic heterocycles. The third-order valence-electron chi connectivity index (χ3n) is 6.98. The van der Waals surface area contributed by atoms with E-state index in [0.29, 0.717) is 37.2 Å². The number of allylic oxidation sites excluding steroid dienone is 4.